The Balaban J connectivity index is 0.00000180. The van der Waals surface area contributed by atoms with Crippen LogP contribution in [0.1, 0.15) is 18.4 Å². The van der Waals surface area contributed by atoms with E-state index in [-0.39, 0.29) is 24.1 Å². The Bertz CT molecular complexity index is 442. The van der Waals surface area contributed by atoms with Crippen LogP contribution in [-0.2, 0) is 9.53 Å². The van der Waals surface area contributed by atoms with Gasteiger partial charge in [0.25, 0.3) is 0 Å². The maximum absolute atomic E-state index is 13.2. The summed E-state index contributed by atoms with van der Waals surface area (Å²) in [7, 11) is 0. The molecule has 1 aliphatic heterocycles. The van der Waals surface area contributed by atoms with Crippen LogP contribution in [0, 0.1) is 12.7 Å². The van der Waals surface area contributed by atoms with E-state index in [9.17, 15) is 9.18 Å². The van der Waals surface area contributed by atoms with Crippen LogP contribution >= 0.6 is 12.4 Å². The Kier molecular flexibility index (Phi) is 5.29. The van der Waals surface area contributed by atoms with Crippen LogP contribution in [0.15, 0.2) is 18.2 Å². The molecule has 1 aromatic rings. The number of hydrogen-bond acceptors (Lipinski definition) is 3. The van der Waals surface area contributed by atoms with Gasteiger partial charge < -0.3 is 15.8 Å². The van der Waals surface area contributed by atoms with Gasteiger partial charge >= 0.3 is 0 Å². The second-order valence-corrected chi connectivity index (χ2v) is 4.74. The number of hydrogen-bond donors (Lipinski definition) is 2. The summed E-state index contributed by atoms with van der Waals surface area (Å²) in [5.41, 5.74) is 6.31. The molecule has 1 aliphatic rings. The van der Waals surface area contributed by atoms with Gasteiger partial charge in [-0.15, -0.1) is 12.4 Å². The maximum Gasteiger partial charge on any atom is 0.244 e. The molecule has 2 rings (SSSR count). The minimum Gasteiger partial charge on any atom is -0.381 e. The first kappa shape index (κ1) is 15.9. The fourth-order valence-corrected chi connectivity index (χ4v) is 2.03. The van der Waals surface area contributed by atoms with Crippen molar-refractivity contribution >= 4 is 24.0 Å². The summed E-state index contributed by atoms with van der Waals surface area (Å²) >= 11 is 0. The Morgan fingerprint density at radius 1 is 1.37 bits per heavy atom. The minimum atomic E-state index is -0.918. The van der Waals surface area contributed by atoms with Crippen LogP contribution in [0.4, 0.5) is 10.1 Å². The fourth-order valence-electron chi connectivity index (χ4n) is 2.03. The number of amides is 1. The molecule has 106 valence electrons. The van der Waals surface area contributed by atoms with Gasteiger partial charge in [-0.05, 0) is 43.5 Å². The molecule has 19 heavy (non-hydrogen) atoms. The molecule has 0 spiro atoms. The van der Waals surface area contributed by atoms with Gasteiger partial charge in [-0.25, -0.2) is 4.39 Å². The highest BCUT2D eigenvalue weighted by atomic mass is 35.5. The standard InChI is InChI=1S/C13H17FN2O2.ClH/c1-9-6-10(14)8-11(7-9)16-12(17)13(15)2-4-18-5-3-13;/h6-8H,2-5,15H2,1H3,(H,16,17);1H. The van der Waals surface area contributed by atoms with Gasteiger partial charge in [0, 0.05) is 18.9 Å². The van der Waals surface area contributed by atoms with E-state index in [0.29, 0.717) is 31.7 Å². The van der Waals surface area contributed by atoms with Crippen LogP contribution in [0.2, 0.25) is 0 Å². The van der Waals surface area contributed by atoms with Gasteiger partial charge in [0.15, 0.2) is 0 Å². The predicted octanol–water partition coefficient (Wildman–Crippen LogP) is 2.00. The molecule has 0 aliphatic carbocycles. The minimum absolute atomic E-state index is 0. The molecule has 0 saturated carbocycles. The summed E-state index contributed by atoms with van der Waals surface area (Å²) in [5.74, 6) is -0.654. The van der Waals surface area contributed by atoms with E-state index in [1.165, 1.54) is 12.1 Å². The normalized spacial score (nSPS) is 17.4. The van der Waals surface area contributed by atoms with Gasteiger partial charge in [-0.2, -0.15) is 0 Å². The summed E-state index contributed by atoms with van der Waals surface area (Å²) in [5, 5.41) is 2.67. The lowest BCUT2D eigenvalue weighted by atomic mass is 9.90. The molecular weight excluding hydrogens is 271 g/mol. The van der Waals surface area contributed by atoms with Crippen molar-refractivity contribution in [2.45, 2.75) is 25.3 Å². The summed E-state index contributed by atoms with van der Waals surface area (Å²) in [4.78, 5) is 12.1. The lowest BCUT2D eigenvalue weighted by Gasteiger charge is -2.31. The van der Waals surface area contributed by atoms with E-state index < -0.39 is 5.54 Å². The average Bonchev–Trinajstić information content (AvgIpc) is 2.28. The van der Waals surface area contributed by atoms with Gasteiger partial charge in [0.1, 0.15) is 11.4 Å². The Morgan fingerprint density at radius 2 is 2.00 bits per heavy atom. The lowest BCUT2D eigenvalue weighted by Crippen LogP contribution is -2.54. The molecule has 0 radical (unpaired) electrons. The van der Waals surface area contributed by atoms with E-state index in [1.807, 2.05) is 0 Å². The van der Waals surface area contributed by atoms with Crippen LogP contribution in [-0.4, -0.2) is 24.7 Å². The highest BCUT2D eigenvalue weighted by Gasteiger charge is 2.35. The van der Waals surface area contributed by atoms with Gasteiger partial charge in [-0.1, -0.05) is 0 Å². The van der Waals surface area contributed by atoms with E-state index >= 15 is 0 Å². The quantitative estimate of drug-likeness (QED) is 0.875. The molecule has 0 atom stereocenters. The third-order valence-corrected chi connectivity index (χ3v) is 3.14. The molecular formula is C13H18ClFN2O2. The molecule has 0 unspecified atom stereocenters. The number of carbonyl (C=O) groups excluding carboxylic acids is 1. The number of anilines is 1. The van der Waals surface area contributed by atoms with Gasteiger partial charge in [-0.3, -0.25) is 4.79 Å². The first-order valence-electron chi connectivity index (χ1n) is 5.95. The van der Waals surface area contributed by atoms with Crippen molar-refractivity contribution < 1.29 is 13.9 Å². The summed E-state index contributed by atoms with van der Waals surface area (Å²) in [6.07, 6.45) is 0.959. The number of nitrogens with one attached hydrogen (secondary N) is 1. The third kappa shape index (κ3) is 3.89. The molecule has 4 nitrogen and oxygen atoms in total. The highest BCUT2D eigenvalue weighted by Crippen LogP contribution is 2.21. The largest absolute Gasteiger partial charge is 0.381 e. The monoisotopic (exact) mass is 288 g/mol. The van der Waals surface area contributed by atoms with E-state index in [2.05, 4.69) is 5.32 Å². The molecule has 3 N–H and O–H groups in total. The second-order valence-electron chi connectivity index (χ2n) is 4.74. The number of ether oxygens (including phenoxy) is 1. The zero-order valence-corrected chi connectivity index (χ0v) is 11.6. The fraction of sp³-hybridized carbons (Fsp3) is 0.462. The predicted molar refractivity (Wildman–Crippen MR) is 74.0 cm³/mol. The van der Waals surface area contributed by atoms with Crippen LogP contribution in [0.3, 0.4) is 0 Å². The molecule has 1 aromatic carbocycles. The smallest absolute Gasteiger partial charge is 0.244 e. The molecule has 0 bridgehead atoms. The first-order chi connectivity index (χ1) is 8.49. The van der Waals surface area contributed by atoms with Crippen molar-refractivity contribution in [3.05, 3.63) is 29.6 Å². The number of aryl methyl sites for hydroxylation is 1. The molecule has 1 amide bonds. The van der Waals surface area contributed by atoms with Crippen molar-refractivity contribution in [3.63, 3.8) is 0 Å². The number of benzene rings is 1. The topological polar surface area (TPSA) is 64.4 Å². The van der Waals surface area contributed by atoms with E-state index in [0.717, 1.165) is 5.56 Å². The number of nitrogens with two attached hydrogens (primary N) is 1. The van der Waals surface area contributed by atoms with Crippen molar-refractivity contribution in [3.8, 4) is 0 Å². The number of rotatable bonds is 2. The third-order valence-electron chi connectivity index (χ3n) is 3.14. The van der Waals surface area contributed by atoms with Crippen molar-refractivity contribution in [1.82, 2.24) is 0 Å². The van der Waals surface area contributed by atoms with Crippen molar-refractivity contribution in [1.29, 1.82) is 0 Å². The molecule has 1 fully saturated rings. The highest BCUT2D eigenvalue weighted by molar-refractivity contribution is 5.98. The van der Waals surface area contributed by atoms with Gasteiger partial charge in [0.05, 0.1) is 0 Å². The molecule has 0 aromatic heterocycles. The zero-order chi connectivity index (χ0) is 13.2. The zero-order valence-electron chi connectivity index (χ0n) is 10.7. The first-order valence-corrected chi connectivity index (χ1v) is 5.95. The molecule has 6 heteroatoms. The number of halogens is 2. The SMILES string of the molecule is Cc1cc(F)cc(NC(=O)C2(N)CCOCC2)c1.Cl. The Morgan fingerprint density at radius 3 is 2.58 bits per heavy atom. The average molecular weight is 289 g/mol. The van der Waals surface area contributed by atoms with Crippen LogP contribution in [0.5, 0.6) is 0 Å². The second kappa shape index (κ2) is 6.32. The Labute approximate surface area is 117 Å². The Hall–Kier alpha value is -1.17. The van der Waals surface area contributed by atoms with E-state index in [1.54, 1.807) is 13.0 Å². The molecule has 1 heterocycles. The van der Waals surface area contributed by atoms with Crippen molar-refractivity contribution in [2.75, 3.05) is 18.5 Å². The summed E-state index contributed by atoms with van der Waals surface area (Å²) in [6.45, 7) is 2.73. The maximum atomic E-state index is 13.2. The van der Waals surface area contributed by atoms with Crippen LogP contribution in [0.25, 0.3) is 0 Å². The van der Waals surface area contributed by atoms with Crippen LogP contribution < -0.4 is 11.1 Å². The summed E-state index contributed by atoms with van der Waals surface area (Å²) in [6, 6.07) is 4.40. The summed E-state index contributed by atoms with van der Waals surface area (Å²) < 4.78 is 18.4. The van der Waals surface area contributed by atoms with E-state index in [4.69, 9.17) is 10.5 Å². The number of carbonyl (C=O) groups is 1. The molecule has 1 saturated heterocycles. The van der Waals surface area contributed by atoms with Crippen molar-refractivity contribution in [2.24, 2.45) is 5.73 Å². The lowest BCUT2D eigenvalue weighted by molar-refractivity contribution is -0.124. The van der Waals surface area contributed by atoms with Gasteiger partial charge in [0.2, 0.25) is 5.91 Å².